The van der Waals surface area contributed by atoms with Crippen LogP contribution in [-0.2, 0) is 19.1 Å². The van der Waals surface area contributed by atoms with Gasteiger partial charge in [-0.25, -0.2) is 0 Å². The van der Waals surface area contributed by atoms with Crippen LogP contribution in [0, 0.1) is 11.8 Å². The van der Waals surface area contributed by atoms with E-state index in [0.717, 1.165) is 27.7 Å². The fourth-order valence-electron chi connectivity index (χ4n) is 4.49. The summed E-state index contributed by atoms with van der Waals surface area (Å²) in [7, 11) is 0. The second kappa shape index (κ2) is 10.2. The molecular weight excluding hydrogens is 432 g/mol. The van der Waals surface area contributed by atoms with Crippen LogP contribution in [0.2, 0.25) is 0 Å². The summed E-state index contributed by atoms with van der Waals surface area (Å²) in [5.74, 6) is -0.534. The summed E-state index contributed by atoms with van der Waals surface area (Å²) in [6, 6.07) is 16.6. The van der Waals surface area contributed by atoms with Crippen molar-refractivity contribution in [3.8, 4) is 0 Å². The summed E-state index contributed by atoms with van der Waals surface area (Å²) in [4.78, 5) is 25.7. The minimum Gasteiger partial charge on any atom is -0.462 e. The average Bonchev–Trinajstić information content (AvgIpc) is 2.82. The number of ether oxygens (including phenoxy) is 2. The zero-order valence-corrected chi connectivity index (χ0v) is 20.4. The molecule has 0 spiro atoms. The number of fused-ring (bicyclic) bond motifs is 2. The van der Waals surface area contributed by atoms with Crippen LogP contribution in [0.5, 0.6) is 0 Å². The Balaban J connectivity index is 1.40. The molecule has 0 aromatic heterocycles. The van der Waals surface area contributed by atoms with Crippen molar-refractivity contribution in [1.29, 1.82) is 0 Å². The minimum absolute atomic E-state index is 0.0785. The van der Waals surface area contributed by atoms with Gasteiger partial charge in [0.05, 0.1) is 11.8 Å². The van der Waals surface area contributed by atoms with Crippen LogP contribution in [0.4, 0.5) is 0 Å². The molecule has 174 valence electrons. The van der Waals surface area contributed by atoms with E-state index >= 15 is 0 Å². The van der Waals surface area contributed by atoms with E-state index in [1.807, 2.05) is 39.0 Å². The van der Waals surface area contributed by atoms with E-state index in [1.165, 1.54) is 10.8 Å². The lowest BCUT2D eigenvalue weighted by atomic mass is 9.87. The quantitative estimate of drug-likeness (QED) is 0.242. The average molecular weight is 465 g/mol. The first-order valence-corrected chi connectivity index (χ1v) is 12.4. The predicted molar refractivity (Wildman–Crippen MR) is 135 cm³/mol. The maximum Gasteiger partial charge on any atom is 0.309 e. The highest BCUT2D eigenvalue weighted by molar-refractivity contribution is 7.80. The summed E-state index contributed by atoms with van der Waals surface area (Å²) < 4.78 is 11.5. The zero-order valence-electron chi connectivity index (χ0n) is 19.5. The maximum atomic E-state index is 12.8. The first-order chi connectivity index (χ1) is 15.9. The van der Waals surface area contributed by atoms with Crippen molar-refractivity contribution in [2.45, 2.75) is 70.0 Å². The molecule has 4 rings (SSSR count). The normalized spacial score (nSPS) is 20.4. The van der Waals surface area contributed by atoms with Crippen LogP contribution in [0.15, 0.2) is 53.4 Å². The molecular formula is C28H32O4S. The Morgan fingerprint density at radius 2 is 1.64 bits per heavy atom. The van der Waals surface area contributed by atoms with Gasteiger partial charge in [-0.1, -0.05) is 38.1 Å². The summed E-state index contributed by atoms with van der Waals surface area (Å²) in [6.45, 7) is 5.78. The standard InChI is InChI=1S/C28H32O4S/c1-4-17(2)27(29)32-24-11-9-19(10-12-24)28(30)31-18(3)22-14-23-13-20-7-5-6-8-21(20)15-25(23)26(33)16-22/h5-8,13-19,24,33H,4,9-12H2,1-3H3. The Labute approximate surface area is 201 Å². The molecule has 0 aliphatic heterocycles. The van der Waals surface area contributed by atoms with Crippen molar-refractivity contribution < 1.29 is 19.1 Å². The molecule has 2 atom stereocenters. The van der Waals surface area contributed by atoms with Crippen molar-refractivity contribution in [3.63, 3.8) is 0 Å². The smallest absolute Gasteiger partial charge is 0.309 e. The highest BCUT2D eigenvalue weighted by Gasteiger charge is 2.31. The Morgan fingerprint density at radius 3 is 2.30 bits per heavy atom. The number of rotatable bonds is 6. The number of thiol groups is 1. The van der Waals surface area contributed by atoms with Gasteiger partial charge in [-0.2, -0.15) is 0 Å². The van der Waals surface area contributed by atoms with Gasteiger partial charge in [0.1, 0.15) is 12.2 Å². The number of carbonyl (C=O) groups is 2. The van der Waals surface area contributed by atoms with Gasteiger partial charge in [0.25, 0.3) is 0 Å². The fourth-order valence-corrected chi connectivity index (χ4v) is 4.84. The number of hydrogen-bond acceptors (Lipinski definition) is 5. The van der Waals surface area contributed by atoms with Gasteiger partial charge in [0.15, 0.2) is 0 Å². The second-order valence-electron chi connectivity index (χ2n) is 9.26. The minimum atomic E-state index is -0.361. The number of carbonyl (C=O) groups excluding carboxylic acids is 2. The third-order valence-electron chi connectivity index (χ3n) is 6.89. The molecule has 1 aliphatic rings. The molecule has 1 fully saturated rings. The van der Waals surface area contributed by atoms with E-state index in [0.29, 0.717) is 25.7 Å². The van der Waals surface area contributed by atoms with Crippen LogP contribution < -0.4 is 0 Å². The topological polar surface area (TPSA) is 52.6 Å². The predicted octanol–water partition coefficient (Wildman–Crippen LogP) is 7.03. The highest BCUT2D eigenvalue weighted by Crippen LogP contribution is 2.33. The lowest BCUT2D eigenvalue weighted by Crippen LogP contribution is -2.30. The number of esters is 2. The first-order valence-electron chi connectivity index (χ1n) is 11.9. The molecule has 3 aromatic rings. The molecule has 0 saturated heterocycles. The van der Waals surface area contributed by atoms with Gasteiger partial charge in [0, 0.05) is 4.90 Å². The maximum absolute atomic E-state index is 12.8. The second-order valence-corrected chi connectivity index (χ2v) is 9.74. The molecule has 1 aliphatic carbocycles. The third-order valence-corrected chi connectivity index (χ3v) is 7.26. The van der Waals surface area contributed by atoms with Crippen molar-refractivity contribution in [3.05, 3.63) is 54.1 Å². The Kier molecular flexibility index (Phi) is 7.28. The molecule has 0 radical (unpaired) electrons. The third kappa shape index (κ3) is 5.35. The SMILES string of the molecule is CCC(C)C(=O)OC1CCC(C(=O)OC(C)c2cc(S)c3cc4ccccc4cc3c2)CC1. The summed E-state index contributed by atoms with van der Waals surface area (Å²) in [5, 5.41) is 4.52. The van der Waals surface area contributed by atoms with E-state index in [4.69, 9.17) is 22.1 Å². The monoisotopic (exact) mass is 464 g/mol. The molecule has 4 nitrogen and oxygen atoms in total. The molecule has 1 saturated carbocycles. The van der Waals surface area contributed by atoms with Crippen molar-refractivity contribution in [1.82, 2.24) is 0 Å². The van der Waals surface area contributed by atoms with Crippen LogP contribution in [0.3, 0.4) is 0 Å². The summed E-state index contributed by atoms with van der Waals surface area (Å²) >= 11 is 4.71. The molecule has 33 heavy (non-hydrogen) atoms. The van der Waals surface area contributed by atoms with Gasteiger partial charge in [-0.3, -0.25) is 9.59 Å². The van der Waals surface area contributed by atoms with Crippen LogP contribution in [0.25, 0.3) is 21.5 Å². The number of benzene rings is 3. The molecule has 0 heterocycles. The van der Waals surface area contributed by atoms with Crippen LogP contribution in [-0.4, -0.2) is 18.0 Å². The molecule has 0 bridgehead atoms. The molecule has 0 amide bonds. The highest BCUT2D eigenvalue weighted by atomic mass is 32.1. The molecule has 5 heteroatoms. The van der Waals surface area contributed by atoms with Crippen molar-refractivity contribution in [2.75, 3.05) is 0 Å². The van der Waals surface area contributed by atoms with E-state index in [9.17, 15) is 9.59 Å². The van der Waals surface area contributed by atoms with Crippen LogP contribution in [0.1, 0.15) is 64.5 Å². The van der Waals surface area contributed by atoms with Gasteiger partial charge < -0.3 is 9.47 Å². The lowest BCUT2D eigenvalue weighted by molar-refractivity contribution is -0.159. The Bertz CT molecular complexity index is 1160. The van der Waals surface area contributed by atoms with Crippen molar-refractivity contribution in [2.24, 2.45) is 11.8 Å². The fraction of sp³-hybridized carbons (Fsp3) is 0.429. The summed E-state index contributed by atoms with van der Waals surface area (Å²) in [6.07, 6.45) is 3.12. The Hall–Kier alpha value is -2.53. The Morgan fingerprint density at radius 1 is 0.970 bits per heavy atom. The molecule has 2 unspecified atom stereocenters. The van der Waals surface area contributed by atoms with Gasteiger partial charge in [0.2, 0.25) is 0 Å². The summed E-state index contributed by atoms with van der Waals surface area (Å²) in [5.41, 5.74) is 0.937. The van der Waals surface area contributed by atoms with E-state index in [1.54, 1.807) is 0 Å². The van der Waals surface area contributed by atoms with E-state index < -0.39 is 0 Å². The molecule has 3 aromatic carbocycles. The van der Waals surface area contributed by atoms with E-state index in [-0.39, 0.29) is 36.0 Å². The van der Waals surface area contributed by atoms with Crippen molar-refractivity contribution >= 4 is 46.1 Å². The lowest BCUT2D eigenvalue weighted by Gasteiger charge is -2.28. The largest absolute Gasteiger partial charge is 0.462 e. The van der Waals surface area contributed by atoms with Crippen LogP contribution >= 0.6 is 12.6 Å². The zero-order chi connectivity index (χ0) is 23.5. The van der Waals surface area contributed by atoms with Gasteiger partial charge in [-0.05, 0) is 90.4 Å². The molecule has 0 N–H and O–H groups in total. The van der Waals surface area contributed by atoms with E-state index in [2.05, 4.69) is 30.3 Å². The van der Waals surface area contributed by atoms with Gasteiger partial charge in [-0.15, -0.1) is 12.6 Å². The van der Waals surface area contributed by atoms with Gasteiger partial charge >= 0.3 is 11.9 Å². The first kappa shape index (κ1) is 23.6. The number of hydrogen-bond donors (Lipinski definition) is 1.